The molecule has 0 saturated carbocycles. The van der Waals surface area contributed by atoms with Crippen LogP contribution in [0.5, 0.6) is 5.75 Å². The van der Waals surface area contributed by atoms with Gasteiger partial charge in [0.15, 0.2) is 0 Å². The maximum Gasteiger partial charge on any atom is 0.350 e. The van der Waals surface area contributed by atoms with Crippen molar-refractivity contribution in [2.24, 2.45) is 11.7 Å². The molecule has 17 heteroatoms. The van der Waals surface area contributed by atoms with Crippen LogP contribution in [0, 0.1) is 17.6 Å². The van der Waals surface area contributed by atoms with Gasteiger partial charge in [0.1, 0.15) is 48.1 Å². The number of halogens is 3. The zero-order chi connectivity index (χ0) is 38.5. The topological polar surface area (TPSA) is 148 Å². The number of hydrogen-bond donors (Lipinski definition) is 1. The number of rotatable bonds is 14. The Labute approximate surface area is 329 Å². The van der Waals surface area contributed by atoms with Crippen molar-refractivity contribution in [1.82, 2.24) is 29.1 Å². The summed E-state index contributed by atoms with van der Waals surface area (Å²) in [5, 5.41) is 8.51. The van der Waals surface area contributed by atoms with Gasteiger partial charge in [-0.2, -0.15) is 10.2 Å². The second-order valence-electron chi connectivity index (χ2n) is 14.0. The molecule has 2 fully saturated rings. The van der Waals surface area contributed by atoms with Gasteiger partial charge in [-0.05, 0) is 74.4 Å². The minimum Gasteiger partial charge on any atom is -0.493 e. The van der Waals surface area contributed by atoms with E-state index < -0.39 is 35.4 Å². The van der Waals surface area contributed by atoms with Crippen molar-refractivity contribution < 1.29 is 27.8 Å². The van der Waals surface area contributed by atoms with Gasteiger partial charge >= 0.3 is 11.7 Å². The molecule has 3 aromatic carbocycles. The summed E-state index contributed by atoms with van der Waals surface area (Å²) in [5.74, 6) is -1.12. The lowest BCUT2D eigenvalue weighted by atomic mass is 9.87. The Balaban J connectivity index is 0.00000532. The summed E-state index contributed by atoms with van der Waals surface area (Å²) >= 11 is 0. The molecule has 2 aromatic heterocycles. The van der Waals surface area contributed by atoms with Crippen LogP contribution in [0.25, 0.3) is 5.69 Å². The quantitative estimate of drug-likeness (QED) is 0.159. The average molecular weight is 794 g/mol. The molecule has 0 radical (unpaired) electrons. The maximum absolute atomic E-state index is 15.0. The van der Waals surface area contributed by atoms with Crippen LogP contribution in [0.15, 0.2) is 90.5 Å². The molecular weight excluding hydrogens is 748 g/mol. The fourth-order valence-electron chi connectivity index (χ4n) is 7.56. The van der Waals surface area contributed by atoms with Gasteiger partial charge in [0, 0.05) is 55.1 Å². The Bertz CT molecular complexity index is 2110. The van der Waals surface area contributed by atoms with Crippen LogP contribution in [0.4, 0.5) is 20.2 Å². The van der Waals surface area contributed by atoms with Gasteiger partial charge < -0.3 is 29.7 Å². The number of benzene rings is 3. The number of carbonyl (C=O) groups is 1. The van der Waals surface area contributed by atoms with E-state index in [2.05, 4.69) is 37.1 Å². The molecule has 14 nitrogen and oxygen atoms in total. The predicted octanol–water partition coefficient (Wildman–Crippen LogP) is 4.50. The third-order valence-corrected chi connectivity index (χ3v) is 10.4. The molecular formula is C39H46ClF2N9O5. The lowest BCUT2D eigenvalue weighted by Gasteiger charge is -2.37. The second-order valence-corrected chi connectivity index (χ2v) is 14.0. The molecule has 2 aliphatic heterocycles. The maximum atomic E-state index is 15.0. The van der Waals surface area contributed by atoms with Crippen molar-refractivity contribution in [3.8, 4) is 11.4 Å². The molecule has 4 atom stereocenters. The van der Waals surface area contributed by atoms with Crippen LogP contribution in [0.2, 0.25) is 0 Å². The van der Waals surface area contributed by atoms with Gasteiger partial charge in [-0.1, -0.05) is 13.0 Å². The van der Waals surface area contributed by atoms with Crippen LogP contribution >= 0.6 is 12.4 Å². The number of piperazine rings is 1. The van der Waals surface area contributed by atoms with Gasteiger partial charge in [0.25, 0.3) is 0 Å². The Morgan fingerprint density at radius 3 is 2.23 bits per heavy atom. The molecule has 56 heavy (non-hydrogen) atoms. The highest BCUT2D eigenvalue weighted by Crippen LogP contribution is 2.42. The highest BCUT2D eigenvalue weighted by molar-refractivity contribution is 5.85. The number of esters is 1. The molecule has 0 aliphatic carbocycles. The van der Waals surface area contributed by atoms with E-state index in [9.17, 15) is 18.4 Å². The largest absolute Gasteiger partial charge is 0.493 e. The lowest BCUT2D eigenvalue weighted by molar-refractivity contribution is -0.148. The summed E-state index contributed by atoms with van der Waals surface area (Å²) < 4.78 is 51.0. The van der Waals surface area contributed by atoms with Crippen LogP contribution in [0.1, 0.15) is 38.3 Å². The van der Waals surface area contributed by atoms with Crippen molar-refractivity contribution in [3.63, 3.8) is 0 Å². The van der Waals surface area contributed by atoms with E-state index in [-0.39, 0.29) is 42.7 Å². The normalized spacial score (nSPS) is 19.3. The fourth-order valence-corrected chi connectivity index (χ4v) is 7.56. The summed E-state index contributed by atoms with van der Waals surface area (Å²) in [6.45, 7) is 7.68. The van der Waals surface area contributed by atoms with Crippen LogP contribution in [0.3, 0.4) is 0 Å². The number of nitrogens with zero attached hydrogens (tertiary/aromatic N) is 8. The van der Waals surface area contributed by atoms with Crippen molar-refractivity contribution >= 4 is 29.8 Å². The fraction of sp³-hybridized carbons (Fsp3) is 0.410. The smallest absolute Gasteiger partial charge is 0.350 e. The minimum absolute atomic E-state index is 0. The summed E-state index contributed by atoms with van der Waals surface area (Å²) in [6, 6.07) is 19.0. The summed E-state index contributed by atoms with van der Waals surface area (Å²) in [4.78, 5) is 33.6. The van der Waals surface area contributed by atoms with Crippen LogP contribution in [-0.2, 0) is 26.4 Å². The second kappa shape index (κ2) is 17.6. The van der Waals surface area contributed by atoms with Crippen molar-refractivity contribution in [2.45, 2.75) is 51.0 Å². The van der Waals surface area contributed by atoms with Crippen LogP contribution < -0.4 is 26.0 Å². The van der Waals surface area contributed by atoms with E-state index in [1.165, 1.54) is 34.0 Å². The zero-order valence-electron chi connectivity index (χ0n) is 31.2. The first-order valence-corrected chi connectivity index (χ1v) is 18.5. The van der Waals surface area contributed by atoms with Gasteiger partial charge in [-0.25, -0.2) is 32.5 Å². The molecule has 7 rings (SSSR count). The molecule has 0 amide bonds. The molecule has 298 valence electrons. The molecule has 2 saturated heterocycles. The zero-order valence-corrected chi connectivity index (χ0v) is 32.1. The van der Waals surface area contributed by atoms with Crippen LogP contribution in [-0.4, -0.2) is 87.1 Å². The molecule has 0 bridgehead atoms. The Hall–Kier alpha value is -5.32. The predicted molar refractivity (Wildman–Crippen MR) is 207 cm³/mol. The first-order chi connectivity index (χ1) is 26.7. The SMILES string of the molecule is CC[C@@H]([C@H](C)OC(=O)CN)n1ncn(-c2ccc(N3CCN(c4ccc(OC[C@@H]5CO[C@@](Cn6cncn6)(c6ccc(F)cc6F)C5)cc4)CC3)cc2)c1=O.Cl. The highest BCUT2D eigenvalue weighted by Gasteiger charge is 2.44. The first-order valence-electron chi connectivity index (χ1n) is 18.5. The summed E-state index contributed by atoms with van der Waals surface area (Å²) in [7, 11) is 0. The standard InChI is InChI=1S/C39H45F2N9O5.ClH/c1-3-36(27(2)55-37(51)20-42)50-38(52)49(26-45-50)32-7-5-30(6-8-32)46-14-16-47(17-15-46)31-9-11-33(12-10-31)53-21-28-19-39(54-22-28,23-48-25-43-24-44-48)34-13-4-29(40)18-35(34)41;/h4-13,18,24-28,36H,3,14-17,19-23,42H2,1-2H3;1H/t27-,28+,36-,39-;/m0./s1. The van der Waals surface area contributed by atoms with Gasteiger partial charge in [0.05, 0.1) is 38.0 Å². The average Bonchev–Trinajstić information content (AvgIpc) is 3.96. The minimum atomic E-state index is -1.03. The molecule has 0 unspecified atom stereocenters. The molecule has 5 aromatic rings. The molecule has 0 spiro atoms. The number of anilines is 2. The molecule has 4 heterocycles. The van der Waals surface area contributed by atoms with E-state index >= 15 is 0 Å². The summed E-state index contributed by atoms with van der Waals surface area (Å²) in [5.41, 5.74) is 7.18. The lowest BCUT2D eigenvalue weighted by Crippen LogP contribution is -2.46. The van der Waals surface area contributed by atoms with E-state index in [0.29, 0.717) is 31.7 Å². The van der Waals surface area contributed by atoms with Crippen molar-refractivity contribution in [2.75, 3.05) is 55.7 Å². The number of nitrogens with two attached hydrogens (primary N) is 1. The number of ether oxygens (including phenoxy) is 3. The van der Waals surface area contributed by atoms with E-state index in [1.807, 2.05) is 43.3 Å². The number of aromatic nitrogens is 6. The monoisotopic (exact) mass is 793 g/mol. The van der Waals surface area contributed by atoms with Gasteiger partial charge in [0.2, 0.25) is 0 Å². The highest BCUT2D eigenvalue weighted by atomic mass is 35.5. The third kappa shape index (κ3) is 8.72. The van der Waals surface area contributed by atoms with Crippen molar-refractivity contribution in [3.05, 3.63) is 113 Å². The molecule has 2 aliphatic rings. The summed E-state index contributed by atoms with van der Waals surface area (Å²) in [6.07, 6.45) is 4.91. The van der Waals surface area contributed by atoms with Gasteiger partial charge in [-0.3, -0.25) is 4.79 Å². The Kier molecular flexibility index (Phi) is 12.7. The number of hydrogen-bond acceptors (Lipinski definition) is 11. The third-order valence-electron chi connectivity index (χ3n) is 10.4. The van der Waals surface area contributed by atoms with E-state index in [1.54, 1.807) is 17.9 Å². The Morgan fingerprint density at radius 1 is 0.964 bits per heavy atom. The molecule has 2 N–H and O–H groups in total. The van der Waals surface area contributed by atoms with Gasteiger partial charge in [-0.15, -0.1) is 12.4 Å². The van der Waals surface area contributed by atoms with E-state index in [4.69, 9.17) is 19.9 Å². The number of carbonyl (C=O) groups excluding carboxylic acids is 1. The van der Waals surface area contributed by atoms with E-state index in [0.717, 1.165) is 49.4 Å². The first kappa shape index (κ1) is 40.3. The van der Waals surface area contributed by atoms with Crippen molar-refractivity contribution in [1.29, 1.82) is 0 Å². The Morgan fingerprint density at radius 2 is 1.62 bits per heavy atom.